The molecule has 1 N–H and O–H groups in total. The van der Waals surface area contributed by atoms with E-state index < -0.39 is 0 Å². The lowest BCUT2D eigenvalue weighted by Crippen LogP contribution is -2.36. The Kier molecular flexibility index (Phi) is 7.21. The minimum absolute atomic E-state index is 0.0700. The van der Waals surface area contributed by atoms with Gasteiger partial charge in [0.25, 0.3) is 5.56 Å². The molecule has 186 valence electrons. The molecule has 0 saturated heterocycles. The number of rotatable bonds is 10. The Balaban J connectivity index is 1.79. The number of nitrogens with zero attached hydrogens (tertiary/aromatic N) is 5. The van der Waals surface area contributed by atoms with Crippen LogP contribution in [0, 0.1) is 13.8 Å². The van der Waals surface area contributed by atoms with E-state index in [4.69, 9.17) is 4.42 Å². The number of H-pyrrole nitrogens is 1. The number of aromatic amines is 1. The molecule has 1 aromatic carbocycles. The van der Waals surface area contributed by atoms with Crippen LogP contribution in [0.3, 0.4) is 0 Å². The van der Waals surface area contributed by atoms with Gasteiger partial charge in [-0.15, -0.1) is 5.10 Å². The maximum Gasteiger partial charge on any atom is 0.252 e. The van der Waals surface area contributed by atoms with Crippen LogP contribution in [-0.2, 0) is 18.6 Å². The van der Waals surface area contributed by atoms with Gasteiger partial charge in [-0.05, 0) is 85.7 Å². The maximum absolute atomic E-state index is 13.2. The van der Waals surface area contributed by atoms with Crippen LogP contribution < -0.4 is 5.56 Å². The highest BCUT2D eigenvalue weighted by Gasteiger charge is 2.32. The first-order valence-electron chi connectivity index (χ1n) is 12.4. The zero-order valence-corrected chi connectivity index (χ0v) is 21.6. The lowest BCUT2D eigenvalue weighted by atomic mass is 10.0. The Labute approximate surface area is 206 Å². The number of hydrogen-bond donors (Lipinski definition) is 1. The number of fused-ring (bicyclic) bond motifs is 1. The van der Waals surface area contributed by atoms with Crippen molar-refractivity contribution in [3.8, 4) is 0 Å². The number of furan rings is 1. The minimum atomic E-state index is -0.225. The summed E-state index contributed by atoms with van der Waals surface area (Å²) in [6.45, 7) is 13.7. The molecule has 1 atom stereocenters. The molecule has 0 aliphatic heterocycles. The van der Waals surface area contributed by atoms with Gasteiger partial charge in [0.05, 0.1) is 29.9 Å². The van der Waals surface area contributed by atoms with Crippen LogP contribution >= 0.6 is 0 Å². The molecule has 0 unspecified atom stereocenters. The SMILES string of the molecule is CCC[C@@H](c1nnnn1C(C)(C)CC)N(Cc1ccco1)Cc1cc2ccc(C)c(C)c2[nH]c1=O. The lowest BCUT2D eigenvalue weighted by molar-refractivity contribution is 0.135. The molecular formula is C27H36N6O2. The summed E-state index contributed by atoms with van der Waals surface area (Å²) in [5.41, 5.74) is 3.57. The number of pyridine rings is 1. The summed E-state index contributed by atoms with van der Waals surface area (Å²) >= 11 is 0. The van der Waals surface area contributed by atoms with Crippen molar-refractivity contribution in [3.63, 3.8) is 0 Å². The van der Waals surface area contributed by atoms with Gasteiger partial charge in [0, 0.05) is 12.1 Å². The number of aromatic nitrogens is 5. The van der Waals surface area contributed by atoms with Gasteiger partial charge in [-0.1, -0.05) is 32.4 Å². The molecule has 0 bridgehead atoms. The molecule has 0 aliphatic carbocycles. The van der Waals surface area contributed by atoms with Gasteiger partial charge in [0.15, 0.2) is 5.82 Å². The van der Waals surface area contributed by atoms with Crippen molar-refractivity contribution in [2.24, 2.45) is 0 Å². The average Bonchev–Trinajstić information content (AvgIpc) is 3.53. The van der Waals surface area contributed by atoms with Crippen molar-refractivity contribution < 1.29 is 4.42 Å². The van der Waals surface area contributed by atoms with Gasteiger partial charge in [-0.25, -0.2) is 4.68 Å². The normalized spacial score (nSPS) is 13.1. The van der Waals surface area contributed by atoms with Gasteiger partial charge in [-0.3, -0.25) is 9.69 Å². The first kappa shape index (κ1) is 24.9. The van der Waals surface area contributed by atoms with Crippen LogP contribution in [0.15, 0.2) is 45.8 Å². The zero-order valence-electron chi connectivity index (χ0n) is 21.6. The molecule has 0 spiro atoms. The first-order valence-corrected chi connectivity index (χ1v) is 12.4. The molecular weight excluding hydrogens is 440 g/mol. The summed E-state index contributed by atoms with van der Waals surface area (Å²) in [5, 5.41) is 13.9. The highest BCUT2D eigenvalue weighted by Crippen LogP contribution is 2.31. The average molecular weight is 477 g/mol. The third-order valence-electron chi connectivity index (χ3n) is 7.17. The van der Waals surface area contributed by atoms with E-state index in [1.54, 1.807) is 6.26 Å². The maximum atomic E-state index is 13.2. The highest BCUT2D eigenvalue weighted by molar-refractivity contribution is 5.83. The number of benzene rings is 1. The molecule has 35 heavy (non-hydrogen) atoms. The predicted octanol–water partition coefficient (Wildman–Crippen LogP) is 5.41. The highest BCUT2D eigenvalue weighted by atomic mass is 16.3. The second kappa shape index (κ2) is 10.2. The van der Waals surface area contributed by atoms with Crippen LogP contribution in [0.5, 0.6) is 0 Å². The van der Waals surface area contributed by atoms with Gasteiger partial charge in [0.1, 0.15) is 5.76 Å². The largest absolute Gasteiger partial charge is 0.468 e. The molecule has 0 saturated carbocycles. The van der Waals surface area contributed by atoms with Gasteiger partial charge < -0.3 is 9.40 Å². The molecule has 4 rings (SSSR count). The standard InChI is InChI=1S/C27H36N6O2/c1-7-10-23(25-29-30-31-33(25)27(5,6)8-2)32(17-22-11-9-14-35-22)16-21-15-20-13-12-18(3)19(4)24(20)28-26(21)34/h9,11-15,23H,7-8,10,16-17H2,1-6H3,(H,28,34)/t23-/m0/s1. The van der Waals surface area contributed by atoms with Crippen molar-refractivity contribution in [1.82, 2.24) is 30.1 Å². The monoisotopic (exact) mass is 476 g/mol. The minimum Gasteiger partial charge on any atom is -0.468 e. The summed E-state index contributed by atoms with van der Waals surface area (Å²) in [4.78, 5) is 18.6. The fraction of sp³-hybridized carbons (Fsp3) is 0.481. The third kappa shape index (κ3) is 5.07. The molecule has 3 heterocycles. The van der Waals surface area contributed by atoms with Crippen LogP contribution in [-0.4, -0.2) is 30.1 Å². The van der Waals surface area contributed by atoms with Crippen LogP contribution in [0.4, 0.5) is 0 Å². The van der Waals surface area contributed by atoms with E-state index in [1.165, 1.54) is 0 Å². The summed E-state index contributed by atoms with van der Waals surface area (Å²) in [7, 11) is 0. The Bertz CT molecular complexity index is 1340. The van der Waals surface area contributed by atoms with E-state index in [-0.39, 0.29) is 17.1 Å². The van der Waals surface area contributed by atoms with Crippen LogP contribution in [0.2, 0.25) is 0 Å². The van der Waals surface area contributed by atoms with Crippen molar-refractivity contribution in [2.45, 2.75) is 85.5 Å². The van der Waals surface area contributed by atoms with Crippen molar-refractivity contribution in [2.75, 3.05) is 0 Å². The molecule has 8 heteroatoms. The summed E-state index contributed by atoms with van der Waals surface area (Å²) in [6, 6.07) is 9.95. The van der Waals surface area contributed by atoms with Crippen molar-refractivity contribution >= 4 is 10.9 Å². The summed E-state index contributed by atoms with van der Waals surface area (Å²) in [6.07, 6.45) is 4.38. The van der Waals surface area contributed by atoms with Crippen LogP contribution in [0.25, 0.3) is 10.9 Å². The molecule has 3 aromatic heterocycles. The van der Waals surface area contributed by atoms with E-state index in [1.807, 2.05) is 29.8 Å². The fourth-order valence-electron chi connectivity index (χ4n) is 4.52. The third-order valence-corrected chi connectivity index (χ3v) is 7.17. The van der Waals surface area contributed by atoms with Crippen molar-refractivity contribution in [3.05, 3.63) is 75.2 Å². The number of hydrogen-bond acceptors (Lipinski definition) is 6. The molecule has 0 amide bonds. The zero-order chi connectivity index (χ0) is 25.2. The van der Waals surface area contributed by atoms with E-state index in [0.717, 1.165) is 52.9 Å². The predicted molar refractivity (Wildman–Crippen MR) is 137 cm³/mol. The molecule has 0 fully saturated rings. The Morgan fingerprint density at radius 1 is 1.17 bits per heavy atom. The van der Waals surface area contributed by atoms with E-state index in [9.17, 15) is 4.79 Å². The van der Waals surface area contributed by atoms with Gasteiger partial charge in [0.2, 0.25) is 0 Å². The lowest BCUT2D eigenvalue weighted by Gasteiger charge is -2.33. The molecule has 8 nitrogen and oxygen atoms in total. The topological polar surface area (TPSA) is 92.8 Å². The second-order valence-electron chi connectivity index (χ2n) is 10.00. The van der Waals surface area contributed by atoms with Crippen LogP contribution in [0.1, 0.15) is 81.3 Å². The van der Waals surface area contributed by atoms with Crippen molar-refractivity contribution in [1.29, 1.82) is 0 Å². The summed E-state index contributed by atoms with van der Waals surface area (Å²) < 4.78 is 7.65. The Hall–Kier alpha value is -3.26. The fourth-order valence-corrected chi connectivity index (χ4v) is 4.52. The number of aryl methyl sites for hydroxylation is 2. The van der Waals surface area contributed by atoms with Gasteiger partial charge >= 0.3 is 0 Å². The van der Waals surface area contributed by atoms with Gasteiger partial charge in [-0.2, -0.15) is 0 Å². The number of nitrogens with one attached hydrogen (secondary N) is 1. The Morgan fingerprint density at radius 3 is 2.66 bits per heavy atom. The number of tetrazole rings is 1. The Morgan fingerprint density at radius 2 is 1.97 bits per heavy atom. The quantitative estimate of drug-likeness (QED) is 0.329. The van der Waals surface area contributed by atoms with E-state index >= 15 is 0 Å². The molecule has 0 radical (unpaired) electrons. The van der Waals surface area contributed by atoms with E-state index in [0.29, 0.717) is 18.7 Å². The summed E-state index contributed by atoms with van der Waals surface area (Å²) in [5.74, 6) is 1.65. The first-order chi connectivity index (χ1) is 16.7. The molecule has 4 aromatic rings. The second-order valence-corrected chi connectivity index (χ2v) is 10.00. The smallest absolute Gasteiger partial charge is 0.252 e. The van der Waals surface area contributed by atoms with E-state index in [2.05, 4.69) is 72.2 Å². The molecule has 0 aliphatic rings.